The van der Waals surface area contributed by atoms with Gasteiger partial charge in [-0.1, -0.05) is 54.0 Å². The van der Waals surface area contributed by atoms with Crippen molar-refractivity contribution in [2.75, 3.05) is 4.90 Å². The van der Waals surface area contributed by atoms with E-state index < -0.39 is 11.5 Å². The fourth-order valence-electron chi connectivity index (χ4n) is 4.09. The van der Waals surface area contributed by atoms with Crippen molar-refractivity contribution in [3.8, 4) is 0 Å². The second-order valence-corrected chi connectivity index (χ2v) is 9.48. The molecule has 1 aliphatic rings. The lowest BCUT2D eigenvalue weighted by Crippen LogP contribution is -2.41. The number of carbonyl (C=O) groups is 2. The molecule has 0 unspecified atom stereocenters. The lowest BCUT2D eigenvalue weighted by Gasteiger charge is -2.23. The zero-order valence-electron chi connectivity index (χ0n) is 18.3. The molecule has 0 radical (unpaired) electrons. The van der Waals surface area contributed by atoms with E-state index in [0.717, 1.165) is 15.6 Å². The molecule has 1 N–H and O–H groups in total. The minimum absolute atomic E-state index is 0.226. The molecule has 5 nitrogen and oxygen atoms in total. The molecule has 32 heavy (non-hydrogen) atoms. The number of ketones is 1. The molecule has 1 aromatic heterocycles. The van der Waals surface area contributed by atoms with Gasteiger partial charge in [0.25, 0.3) is 5.91 Å². The summed E-state index contributed by atoms with van der Waals surface area (Å²) in [5, 5.41) is 11.6. The minimum Gasteiger partial charge on any atom is -0.375 e. The van der Waals surface area contributed by atoms with Crippen LogP contribution in [0, 0.1) is 6.92 Å². The molecule has 3 aromatic rings. The number of aliphatic hydroxyl groups is 1. The number of nitrogens with zero attached hydrogens (tertiary/aromatic N) is 2. The molecule has 2 aromatic carbocycles. The lowest BCUT2D eigenvalue weighted by atomic mass is 9.89. The van der Waals surface area contributed by atoms with Crippen LogP contribution in [0.3, 0.4) is 0 Å². The van der Waals surface area contributed by atoms with E-state index in [-0.39, 0.29) is 17.9 Å². The number of fused-ring (bicyclic) bond motifs is 1. The number of Topliss-reactive ketones (excluding diaryl/α,β-unsaturated/α-hetero) is 1. The highest BCUT2D eigenvalue weighted by molar-refractivity contribution is 9.10. The normalized spacial score (nSPS) is 17.7. The summed E-state index contributed by atoms with van der Waals surface area (Å²) in [5.41, 5.74) is 2.59. The fraction of sp³-hybridized carbons (Fsp3) is 0.269. The molecular formula is C26H25BrN2O3. The molecule has 6 heteroatoms. The second-order valence-electron chi connectivity index (χ2n) is 8.57. The number of halogens is 1. The Morgan fingerprint density at radius 3 is 2.62 bits per heavy atom. The van der Waals surface area contributed by atoms with E-state index in [2.05, 4.69) is 53.0 Å². The Labute approximate surface area is 196 Å². The average molecular weight is 493 g/mol. The monoisotopic (exact) mass is 492 g/mol. The Bertz CT molecular complexity index is 1190. The Morgan fingerprint density at radius 2 is 1.94 bits per heavy atom. The zero-order valence-corrected chi connectivity index (χ0v) is 19.9. The summed E-state index contributed by atoms with van der Waals surface area (Å²) in [4.78, 5) is 32.1. The van der Waals surface area contributed by atoms with Crippen LogP contribution in [0.25, 0.3) is 0 Å². The first kappa shape index (κ1) is 22.4. The van der Waals surface area contributed by atoms with Crippen molar-refractivity contribution >= 4 is 33.3 Å². The number of rotatable bonds is 6. The van der Waals surface area contributed by atoms with Gasteiger partial charge < -0.3 is 10.0 Å². The van der Waals surface area contributed by atoms with E-state index in [4.69, 9.17) is 0 Å². The molecule has 0 saturated carbocycles. The van der Waals surface area contributed by atoms with Crippen molar-refractivity contribution in [2.45, 2.75) is 45.3 Å². The third kappa shape index (κ3) is 4.00. The van der Waals surface area contributed by atoms with Crippen molar-refractivity contribution in [3.63, 3.8) is 0 Å². The summed E-state index contributed by atoms with van der Waals surface area (Å²) >= 11 is 3.43. The summed E-state index contributed by atoms with van der Waals surface area (Å²) in [6.07, 6.45) is 1.16. The van der Waals surface area contributed by atoms with Gasteiger partial charge in [0.2, 0.25) is 0 Å². The van der Waals surface area contributed by atoms with E-state index in [1.807, 2.05) is 19.1 Å². The summed E-state index contributed by atoms with van der Waals surface area (Å²) < 4.78 is 0.729. The van der Waals surface area contributed by atoms with E-state index in [0.29, 0.717) is 23.7 Å². The SMILES string of the molecule is Cc1ccc(C(C)C)cc1CN1C(=O)[C@@](O)(CC(=O)c2ccccn2)c2cc(Br)ccc21. The van der Waals surface area contributed by atoms with Gasteiger partial charge in [-0.25, -0.2) is 0 Å². The maximum atomic E-state index is 13.6. The van der Waals surface area contributed by atoms with Crippen LogP contribution in [-0.4, -0.2) is 21.8 Å². The fourth-order valence-corrected chi connectivity index (χ4v) is 4.45. The summed E-state index contributed by atoms with van der Waals surface area (Å²) in [7, 11) is 0. The van der Waals surface area contributed by atoms with Gasteiger partial charge in [-0.2, -0.15) is 0 Å². The van der Waals surface area contributed by atoms with Crippen LogP contribution in [0.15, 0.2) is 65.3 Å². The number of pyridine rings is 1. The second kappa shape index (κ2) is 8.60. The minimum atomic E-state index is -1.95. The third-order valence-electron chi connectivity index (χ3n) is 6.03. The number of hydrogen-bond acceptors (Lipinski definition) is 4. The molecule has 0 aliphatic carbocycles. The van der Waals surface area contributed by atoms with Crippen LogP contribution in [0.4, 0.5) is 5.69 Å². The van der Waals surface area contributed by atoms with Gasteiger partial charge in [-0.15, -0.1) is 0 Å². The highest BCUT2D eigenvalue weighted by atomic mass is 79.9. The molecule has 0 fully saturated rings. The highest BCUT2D eigenvalue weighted by Gasteiger charge is 2.51. The molecule has 1 atom stereocenters. The topological polar surface area (TPSA) is 70.5 Å². The van der Waals surface area contributed by atoms with Crippen molar-refractivity contribution < 1.29 is 14.7 Å². The first-order valence-electron chi connectivity index (χ1n) is 10.6. The summed E-state index contributed by atoms with van der Waals surface area (Å²) in [6.45, 7) is 6.59. The van der Waals surface area contributed by atoms with Gasteiger partial charge in [-0.05, 0) is 59.9 Å². The quantitative estimate of drug-likeness (QED) is 0.475. The van der Waals surface area contributed by atoms with Crippen molar-refractivity contribution in [1.29, 1.82) is 0 Å². The molecule has 4 rings (SSSR count). The summed E-state index contributed by atoms with van der Waals surface area (Å²) in [6, 6.07) is 16.7. The maximum absolute atomic E-state index is 13.6. The number of carbonyl (C=O) groups excluding carboxylic acids is 2. The van der Waals surface area contributed by atoms with Gasteiger partial charge in [0, 0.05) is 16.2 Å². The van der Waals surface area contributed by atoms with Crippen LogP contribution < -0.4 is 4.90 Å². The van der Waals surface area contributed by atoms with Crippen LogP contribution in [0.1, 0.15) is 58.9 Å². The average Bonchev–Trinajstić information content (AvgIpc) is 2.97. The molecule has 1 aliphatic heterocycles. The van der Waals surface area contributed by atoms with Gasteiger partial charge >= 0.3 is 0 Å². The maximum Gasteiger partial charge on any atom is 0.264 e. The smallest absolute Gasteiger partial charge is 0.264 e. The number of anilines is 1. The largest absolute Gasteiger partial charge is 0.375 e. The number of amides is 1. The molecule has 0 bridgehead atoms. The molecule has 0 saturated heterocycles. The van der Waals surface area contributed by atoms with Gasteiger partial charge in [0.15, 0.2) is 11.4 Å². The van der Waals surface area contributed by atoms with E-state index in [1.54, 1.807) is 29.2 Å². The molecule has 0 spiro atoms. The Morgan fingerprint density at radius 1 is 1.16 bits per heavy atom. The first-order chi connectivity index (χ1) is 15.2. The number of hydrogen-bond donors (Lipinski definition) is 1. The van der Waals surface area contributed by atoms with E-state index >= 15 is 0 Å². The third-order valence-corrected chi connectivity index (χ3v) is 6.52. The van der Waals surface area contributed by atoms with Gasteiger partial charge in [0.1, 0.15) is 5.69 Å². The van der Waals surface area contributed by atoms with Gasteiger partial charge in [0.05, 0.1) is 18.7 Å². The summed E-state index contributed by atoms with van der Waals surface area (Å²) in [5.74, 6) is -0.517. The van der Waals surface area contributed by atoms with Crippen LogP contribution in [0.5, 0.6) is 0 Å². The predicted octanol–water partition coefficient (Wildman–Crippen LogP) is 5.28. The Kier molecular flexibility index (Phi) is 6.01. The van der Waals surface area contributed by atoms with Crippen LogP contribution >= 0.6 is 15.9 Å². The standard InChI is InChI=1S/C26H25BrN2O3/c1-16(2)18-8-7-17(3)19(12-18)15-29-23-10-9-20(27)13-21(23)26(32,25(29)31)14-24(30)22-6-4-5-11-28-22/h4-13,16,32H,14-15H2,1-3H3/t26-/m1/s1. The van der Waals surface area contributed by atoms with Gasteiger partial charge in [-0.3, -0.25) is 14.6 Å². The number of benzene rings is 2. The molecule has 2 heterocycles. The number of aromatic nitrogens is 1. The van der Waals surface area contributed by atoms with Crippen molar-refractivity contribution in [2.24, 2.45) is 0 Å². The van der Waals surface area contributed by atoms with E-state index in [9.17, 15) is 14.7 Å². The van der Waals surface area contributed by atoms with Crippen LogP contribution in [0.2, 0.25) is 0 Å². The van der Waals surface area contributed by atoms with Crippen LogP contribution in [-0.2, 0) is 16.9 Å². The number of aryl methyl sites for hydroxylation is 1. The predicted molar refractivity (Wildman–Crippen MR) is 128 cm³/mol. The lowest BCUT2D eigenvalue weighted by molar-refractivity contribution is -0.136. The van der Waals surface area contributed by atoms with Crippen molar-refractivity contribution in [1.82, 2.24) is 4.98 Å². The Hall–Kier alpha value is -2.83. The highest BCUT2D eigenvalue weighted by Crippen LogP contribution is 2.45. The zero-order chi connectivity index (χ0) is 23.0. The molecule has 1 amide bonds. The van der Waals surface area contributed by atoms with E-state index in [1.165, 1.54) is 11.8 Å². The molecular weight excluding hydrogens is 468 g/mol. The Balaban J connectivity index is 1.73. The molecule has 164 valence electrons. The first-order valence-corrected chi connectivity index (χ1v) is 11.4. The van der Waals surface area contributed by atoms with Crippen molar-refractivity contribution in [3.05, 3.63) is 93.2 Å².